The van der Waals surface area contributed by atoms with Gasteiger partial charge in [0.1, 0.15) is 11.6 Å². The molecule has 0 saturated carbocycles. The van der Waals surface area contributed by atoms with Gasteiger partial charge in [-0.1, -0.05) is 12.1 Å². The summed E-state index contributed by atoms with van der Waals surface area (Å²) in [5.41, 5.74) is -0.157. The highest BCUT2D eigenvalue weighted by atomic mass is 32.2. The molecule has 1 saturated heterocycles. The quantitative estimate of drug-likeness (QED) is 0.283. The minimum Gasteiger partial charge on any atom is -0.353 e. The van der Waals surface area contributed by atoms with Crippen LogP contribution in [0.5, 0.6) is 0 Å². The monoisotopic (exact) mass is 557 g/mol. The molecule has 0 aliphatic carbocycles. The molecule has 38 heavy (non-hydrogen) atoms. The van der Waals surface area contributed by atoms with Crippen LogP contribution in [0.1, 0.15) is 18.5 Å². The smallest absolute Gasteiger partial charge is 0.353 e. The summed E-state index contributed by atoms with van der Waals surface area (Å²) in [5, 5.41) is 0.935. The van der Waals surface area contributed by atoms with Crippen LogP contribution in [-0.2, 0) is 17.8 Å². The Balaban J connectivity index is 1.80. The number of piperazine rings is 1. The van der Waals surface area contributed by atoms with Crippen molar-refractivity contribution in [3.05, 3.63) is 63.9 Å². The zero-order valence-corrected chi connectivity index (χ0v) is 21.9. The van der Waals surface area contributed by atoms with Gasteiger partial charge in [-0.25, -0.2) is 14.6 Å². The number of hydrazine groups is 1. The minimum absolute atomic E-state index is 0.0272. The molecule has 1 aliphatic rings. The fourth-order valence-electron chi connectivity index (χ4n) is 4.90. The Morgan fingerprint density at radius 2 is 1.74 bits per heavy atom. The van der Waals surface area contributed by atoms with E-state index in [1.165, 1.54) is 28.1 Å². The predicted octanol–water partition coefficient (Wildman–Crippen LogP) is 3.68. The first-order valence-electron chi connectivity index (χ1n) is 11.8. The highest BCUT2D eigenvalue weighted by molar-refractivity contribution is 7.84. The summed E-state index contributed by atoms with van der Waals surface area (Å²) in [6.45, 7) is 0.721. The van der Waals surface area contributed by atoms with E-state index in [0.29, 0.717) is 10.6 Å². The van der Waals surface area contributed by atoms with Crippen LogP contribution in [-0.4, -0.2) is 58.8 Å². The fourth-order valence-corrected chi connectivity index (χ4v) is 5.64. The van der Waals surface area contributed by atoms with Crippen molar-refractivity contribution in [1.29, 1.82) is 0 Å². The summed E-state index contributed by atoms with van der Waals surface area (Å²) in [5.74, 6) is 4.73. The summed E-state index contributed by atoms with van der Waals surface area (Å²) in [7, 11) is -0.0520. The van der Waals surface area contributed by atoms with E-state index >= 15 is 4.39 Å². The number of nitrogens with two attached hydrogens (primary N) is 1. The largest absolute Gasteiger partial charge is 0.401 e. The van der Waals surface area contributed by atoms with Gasteiger partial charge in [0, 0.05) is 44.9 Å². The lowest BCUT2D eigenvalue weighted by atomic mass is 9.98. The summed E-state index contributed by atoms with van der Waals surface area (Å²) >= 11 is 0. The lowest BCUT2D eigenvalue weighted by Crippen LogP contribution is -2.50. The van der Waals surface area contributed by atoms with Crippen molar-refractivity contribution in [2.75, 3.05) is 48.9 Å². The average Bonchev–Trinajstić information content (AvgIpc) is 2.86. The summed E-state index contributed by atoms with van der Waals surface area (Å²) in [4.78, 5) is 16.4. The Kier molecular flexibility index (Phi) is 7.82. The summed E-state index contributed by atoms with van der Waals surface area (Å²) in [6, 6.07) is 7.86. The number of rotatable bonds is 6. The average molecular weight is 558 g/mol. The molecular formula is C25H28F5N5O2S. The van der Waals surface area contributed by atoms with Crippen LogP contribution in [0, 0.1) is 11.6 Å². The van der Waals surface area contributed by atoms with E-state index in [1.807, 2.05) is 0 Å². The molecule has 7 nitrogen and oxygen atoms in total. The van der Waals surface area contributed by atoms with E-state index in [2.05, 4.69) is 0 Å². The van der Waals surface area contributed by atoms with Gasteiger partial charge in [0.25, 0.3) is 5.56 Å². The van der Waals surface area contributed by atoms with Gasteiger partial charge in [0.05, 0.1) is 39.4 Å². The number of alkyl halides is 3. The van der Waals surface area contributed by atoms with Crippen LogP contribution in [0.2, 0.25) is 0 Å². The van der Waals surface area contributed by atoms with Gasteiger partial charge in [-0.05, 0) is 36.8 Å². The van der Waals surface area contributed by atoms with Gasteiger partial charge in [-0.15, -0.1) is 0 Å². The predicted molar refractivity (Wildman–Crippen MR) is 138 cm³/mol. The third kappa shape index (κ3) is 5.40. The third-order valence-electron chi connectivity index (χ3n) is 6.80. The van der Waals surface area contributed by atoms with Crippen molar-refractivity contribution in [3.63, 3.8) is 0 Å². The Bertz CT molecular complexity index is 1440. The maximum Gasteiger partial charge on any atom is 0.401 e. The topological polar surface area (TPSA) is 74.8 Å². The molecule has 1 aliphatic heterocycles. The second kappa shape index (κ2) is 10.6. The molecule has 13 heteroatoms. The van der Waals surface area contributed by atoms with Crippen molar-refractivity contribution in [2.45, 2.75) is 24.0 Å². The van der Waals surface area contributed by atoms with Gasteiger partial charge >= 0.3 is 6.18 Å². The summed E-state index contributed by atoms with van der Waals surface area (Å²) < 4.78 is 82.7. The van der Waals surface area contributed by atoms with Crippen molar-refractivity contribution in [3.8, 4) is 0 Å². The second-order valence-electron chi connectivity index (χ2n) is 9.30. The van der Waals surface area contributed by atoms with Crippen LogP contribution < -0.4 is 21.3 Å². The van der Waals surface area contributed by atoms with E-state index in [4.69, 9.17) is 5.84 Å². The molecule has 4 rings (SSSR count). The highest BCUT2D eigenvalue weighted by Crippen LogP contribution is 2.36. The van der Waals surface area contributed by atoms with E-state index < -0.39 is 46.8 Å². The molecule has 2 atom stereocenters. The molecule has 0 amide bonds. The molecule has 1 aromatic heterocycles. The zero-order valence-electron chi connectivity index (χ0n) is 21.1. The number of fused-ring (bicyclic) bond motifs is 1. The number of benzene rings is 2. The van der Waals surface area contributed by atoms with Gasteiger partial charge in [0.2, 0.25) is 0 Å². The second-order valence-corrected chi connectivity index (χ2v) is 10.7. The lowest BCUT2D eigenvalue weighted by molar-refractivity contribution is -0.146. The number of hydrogen-bond acceptors (Lipinski definition) is 6. The minimum atomic E-state index is -4.35. The van der Waals surface area contributed by atoms with E-state index in [1.54, 1.807) is 31.2 Å². The van der Waals surface area contributed by atoms with Crippen LogP contribution in [0.25, 0.3) is 10.8 Å². The van der Waals surface area contributed by atoms with E-state index in [9.17, 15) is 26.6 Å². The number of pyridine rings is 1. The first kappa shape index (κ1) is 28.0. The van der Waals surface area contributed by atoms with Crippen LogP contribution in [0.3, 0.4) is 0 Å². The Morgan fingerprint density at radius 3 is 2.34 bits per heavy atom. The molecule has 0 bridgehead atoms. The number of aromatic nitrogens is 1. The first-order chi connectivity index (χ1) is 17.8. The van der Waals surface area contributed by atoms with Gasteiger partial charge in [0.15, 0.2) is 5.82 Å². The molecule has 1 fully saturated rings. The lowest BCUT2D eigenvalue weighted by Gasteiger charge is -2.37. The molecule has 2 aromatic carbocycles. The number of hydrogen-bond donors (Lipinski definition) is 1. The van der Waals surface area contributed by atoms with Crippen LogP contribution >= 0.6 is 0 Å². The molecule has 0 radical (unpaired) electrons. The van der Waals surface area contributed by atoms with Crippen molar-refractivity contribution in [2.24, 2.45) is 12.9 Å². The molecule has 2 heterocycles. The van der Waals surface area contributed by atoms with Crippen molar-refractivity contribution in [1.82, 2.24) is 9.47 Å². The normalized spacial score (nSPS) is 16.6. The Hall–Kier alpha value is -3.03. The zero-order chi connectivity index (χ0) is 27.9. The Labute approximate surface area is 218 Å². The standard InChI is InChI=1S/C25H28F5N5O2S/c1-15(35(31)19-6-4-5-7-20(19)38(3)37)17-12-16(26)13-18-21(17)22(27)23(32(2)24(18)36)34-10-8-33(9-11-34)14-25(28,29)30/h4-7,12-13,15H,8-11,14,31H2,1-3H3/t15-,38?/m1/s1. The van der Waals surface area contributed by atoms with Crippen molar-refractivity contribution >= 4 is 33.1 Å². The summed E-state index contributed by atoms with van der Waals surface area (Å²) in [6.07, 6.45) is -2.87. The van der Waals surface area contributed by atoms with Crippen molar-refractivity contribution < 1.29 is 26.2 Å². The van der Waals surface area contributed by atoms with E-state index in [-0.39, 0.29) is 48.3 Å². The number of para-hydroxylation sites is 1. The van der Waals surface area contributed by atoms with Gasteiger partial charge in [-0.3, -0.25) is 18.5 Å². The molecule has 3 aromatic rings. The maximum absolute atomic E-state index is 16.3. The van der Waals surface area contributed by atoms with Gasteiger partial charge in [-0.2, -0.15) is 13.2 Å². The van der Waals surface area contributed by atoms with E-state index in [0.717, 1.165) is 16.7 Å². The molecule has 0 spiro atoms. The SMILES string of the molecule is C[C@H](c1cc(F)cc2c(=O)n(C)c(N3CCN(CC(F)(F)F)CC3)c(F)c12)N(N)c1ccccc1S(C)=O. The highest BCUT2D eigenvalue weighted by Gasteiger charge is 2.34. The fraction of sp³-hybridized carbons (Fsp3) is 0.400. The molecular weight excluding hydrogens is 529 g/mol. The molecule has 206 valence electrons. The Morgan fingerprint density at radius 1 is 1.11 bits per heavy atom. The first-order valence-corrected chi connectivity index (χ1v) is 13.4. The van der Waals surface area contributed by atoms with Crippen LogP contribution in [0.4, 0.5) is 33.5 Å². The third-order valence-corrected chi connectivity index (χ3v) is 7.76. The van der Waals surface area contributed by atoms with Crippen LogP contribution in [0.15, 0.2) is 46.1 Å². The number of anilines is 2. The molecule has 2 N–H and O–H groups in total. The van der Waals surface area contributed by atoms with Gasteiger partial charge < -0.3 is 9.91 Å². The maximum atomic E-state index is 16.3. The molecule has 1 unspecified atom stereocenters. The number of halogens is 5. The number of nitrogens with zero attached hydrogens (tertiary/aromatic N) is 4.